The summed E-state index contributed by atoms with van der Waals surface area (Å²) < 4.78 is 27.4. The fourth-order valence-corrected chi connectivity index (χ4v) is 6.21. The van der Waals surface area contributed by atoms with E-state index in [1.54, 1.807) is 7.05 Å². The summed E-state index contributed by atoms with van der Waals surface area (Å²) in [4.78, 5) is 17.5. The number of nitrogens with zero attached hydrogens (tertiary/aromatic N) is 3. The Morgan fingerprint density at radius 1 is 1.03 bits per heavy atom. The molecule has 0 radical (unpaired) electrons. The number of sulfonamides is 1. The number of benzene rings is 1. The van der Waals surface area contributed by atoms with E-state index < -0.39 is 10.0 Å². The Morgan fingerprint density at radius 2 is 1.63 bits per heavy atom. The summed E-state index contributed by atoms with van der Waals surface area (Å²) in [7, 11) is -2.05. The van der Waals surface area contributed by atoms with Crippen LogP contribution in [0.25, 0.3) is 0 Å². The summed E-state index contributed by atoms with van der Waals surface area (Å²) in [5, 5.41) is 0.546. The van der Waals surface area contributed by atoms with E-state index in [1.165, 1.54) is 22.5 Å². The SMILES string of the molecule is CC(C)N1CCN(C(=O)C2CCC(N(C)S(=O)(=O)c3ccc(Cl)c(Cl)c3)CC2)CC1. The van der Waals surface area contributed by atoms with Crippen molar-refractivity contribution in [3.63, 3.8) is 0 Å². The summed E-state index contributed by atoms with van der Waals surface area (Å²) in [5.41, 5.74) is 0. The van der Waals surface area contributed by atoms with Crippen molar-refractivity contribution in [1.29, 1.82) is 0 Å². The first-order valence-electron chi connectivity index (χ1n) is 10.6. The van der Waals surface area contributed by atoms with Gasteiger partial charge in [-0.3, -0.25) is 9.69 Å². The normalized spacial score (nSPS) is 23.9. The Kier molecular flexibility index (Phi) is 7.72. The van der Waals surface area contributed by atoms with Crippen molar-refractivity contribution in [2.45, 2.75) is 56.5 Å². The maximum atomic E-state index is 13.0. The van der Waals surface area contributed by atoms with Gasteiger partial charge in [-0.25, -0.2) is 8.42 Å². The van der Waals surface area contributed by atoms with E-state index in [-0.39, 0.29) is 27.8 Å². The fourth-order valence-electron chi connectivity index (χ4n) is 4.40. The molecule has 1 aliphatic heterocycles. The molecule has 3 rings (SSSR count). The summed E-state index contributed by atoms with van der Waals surface area (Å²) in [6.07, 6.45) is 2.79. The second kappa shape index (κ2) is 9.74. The van der Waals surface area contributed by atoms with Crippen molar-refractivity contribution in [2.24, 2.45) is 5.92 Å². The molecule has 0 unspecified atom stereocenters. The Bertz CT molecular complexity index is 862. The molecule has 1 aliphatic carbocycles. The molecule has 1 aromatic carbocycles. The van der Waals surface area contributed by atoms with E-state index in [0.29, 0.717) is 23.9 Å². The zero-order valence-electron chi connectivity index (χ0n) is 17.9. The van der Waals surface area contributed by atoms with Crippen molar-refractivity contribution >= 4 is 39.1 Å². The van der Waals surface area contributed by atoms with Crippen LogP contribution < -0.4 is 0 Å². The molecule has 1 amide bonds. The Balaban J connectivity index is 1.57. The van der Waals surface area contributed by atoms with Crippen LogP contribution in [0.5, 0.6) is 0 Å². The zero-order valence-corrected chi connectivity index (χ0v) is 20.2. The van der Waals surface area contributed by atoms with E-state index in [1.807, 2.05) is 4.90 Å². The van der Waals surface area contributed by atoms with Gasteiger partial charge in [0.25, 0.3) is 0 Å². The Labute approximate surface area is 190 Å². The Hall–Kier alpha value is -0.860. The molecule has 30 heavy (non-hydrogen) atoms. The molecule has 0 aromatic heterocycles. The monoisotopic (exact) mass is 475 g/mol. The van der Waals surface area contributed by atoms with Gasteiger partial charge in [-0.1, -0.05) is 23.2 Å². The quantitative estimate of drug-likeness (QED) is 0.650. The smallest absolute Gasteiger partial charge is 0.243 e. The lowest BCUT2D eigenvalue weighted by molar-refractivity contribution is -0.138. The minimum Gasteiger partial charge on any atom is -0.340 e. The number of carbonyl (C=O) groups is 1. The number of halogens is 2. The van der Waals surface area contributed by atoms with Crippen LogP contribution in [0.2, 0.25) is 10.0 Å². The first-order valence-corrected chi connectivity index (χ1v) is 12.8. The molecule has 1 heterocycles. The highest BCUT2D eigenvalue weighted by atomic mass is 35.5. The average molecular weight is 476 g/mol. The van der Waals surface area contributed by atoms with Gasteiger partial charge in [0, 0.05) is 51.2 Å². The third kappa shape index (κ3) is 5.13. The lowest BCUT2D eigenvalue weighted by Gasteiger charge is -2.40. The predicted octanol–water partition coefficient (Wildman–Crippen LogP) is 3.73. The van der Waals surface area contributed by atoms with E-state index in [0.717, 1.165) is 39.0 Å². The number of carbonyl (C=O) groups excluding carboxylic acids is 1. The average Bonchev–Trinajstić information content (AvgIpc) is 2.74. The highest BCUT2D eigenvalue weighted by molar-refractivity contribution is 7.89. The minimum absolute atomic E-state index is 0.00655. The molecule has 0 N–H and O–H groups in total. The molecule has 6 nitrogen and oxygen atoms in total. The van der Waals surface area contributed by atoms with Crippen LogP contribution in [-0.2, 0) is 14.8 Å². The molecule has 168 valence electrons. The molecule has 1 aromatic rings. The molecule has 0 bridgehead atoms. The van der Waals surface area contributed by atoms with E-state index in [9.17, 15) is 13.2 Å². The molecular formula is C21H31Cl2N3O3S. The molecule has 2 aliphatic rings. The van der Waals surface area contributed by atoms with Gasteiger partial charge < -0.3 is 4.90 Å². The number of hydrogen-bond donors (Lipinski definition) is 0. The highest BCUT2D eigenvalue weighted by Crippen LogP contribution is 2.32. The summed E-state index contributed by atoms with van der Waals surface area (Å²) >= 11 is 11.9. The highest BCUT2D eigenvalue weighted by Gasteiger charge is 2.35. The summed E-state index contributed by atoms with van der Waals surface area (Å²) in [6, 6.07) is 4.75. The van der Waals surface area contributed by atoms with Crippen LogP contribution in [-0.4, -0.2) is 73.7 Å². The Morgan fingerprint density at radius 3 is 2.17 bits per heavy atom. The first kappa shape index (κ1) is 23.8. The standard InChI is InChI=1S/C21H31Cl2N3O3S/c1-15(2)25-10-12-26(13-11-25)21(27)16-4-6-17(7-5-16)24(3)30(28,29)18-8-9-19(22)20(23)14-18/h8-9,14-17H,4-7,10-13H2,1-3H3. The van der Waals surface area contributed by atoms with E-state index in [4.69, 9.17) is 23.2 Å². The number of piperazine rings is 1. The summed E-state index contributed by atoms with van der Waals surface area (Å²) in [5.74, 6) is 0.222. The molecule has 2 fully saturated rings. The molecule has 1 saturated heterocycles. The van der Waals surface area contributed by atoms with Crippen LogP contribution >= 0.6 is 23.2 Å². The van der Waals surface area contributed by atoms with Crippen molar-refractivity contribution in [1.82, 2.24) is 14.1 Å². The second-order valence-electron chi connectivity index (χ2n) is 8.56. The molecule has 9 heteroatoms. The van der Waals surface area contributed by atoms with Gasteiger partial charge >= 0.3 is 0 Å². The predicted molar refractivity (Wildman–Crippen MR) is 120 cm³/mol. The summed E-state index contributed by atoms with van der Waals surface area (Å²) in [6.45, 7) is 7.76. The molecule has 0 spiro atoms. The maximum absolute atomic E-state index is 13.0. The largest absolute Gasteiger partial charge is 0.340 e. The molecule has 1 saturated carbocycles. The minimum atomic E-state index is -3.66. The van der Waals surface area contributed by atoms with Crippen LogP contribution in [0.1, 0.15) is 39.5 Å². The zero-order chi connectivity index (χ0) is 22.1. The van der Waals surface area contributed by atoms with Crippen molar-refractivity contribution in [2.75, 3.05) is 33.2 Å². The number of amides is 1. The van der Waals surface area contributed by atoms with Gasteiger partial charge in [0.05, 0.1) is 14.9 Å². The van der Waals surface area contributed by atoms with Gasteiger partial charge in [0.1, 0.15) is 0 Å². The van der Waals surface area contributed by atoms with E-state index in [2.05, 4.69) is 18.7 Å². The number of rotatable bonds is 5. The van der Waals surface area contributed by atoms with E-state index >= 15 is 0 Å². The van der Waals surface area contributed by atoms with Crippen molar-refractivity contribution in [3.05, 3.63) is 28.2 Å². The van der Waals surface area contributed by atoms with Crippen LogP contribution in [0, 0.1) is 5.92 Å². The fraction of sp³-hybridized carbons (Fsp3) is 0.667. The molecule has 0 atom stereocenters. The van der Waals surface area contributed by atoms with Gasteiger partial charge in [0.15, 0.2) is 0 Å². The van der Waals surface area contributed by atoms with Gasteiger partial charge in [0.2, 0.25) is 15.9 Å². The van der Waals surface area contributed by atoms with Crippen LogP contribution in [0.4, 0.5) is 0 Å². The lowest BCUT2D eigenvalue weighted by atomic mass is 9.85. The lowest BCUT2D eigenvalue weighted by Crippen LogP contribution is -2.52. The first-order chi connectivity index (χ1) is 14.1. The van der Waals surface area contributed by atoms with Gasteiger partial charge in [-0.05, 0) is 57.7 Å². The van der Waals surface area contributed by atoms with Gasteiger partial charge in [-0.15, -0.1) is 0 Å². The van der Waals surface area contributed by atoms with Crippen LogP contribution in [0.15, 0.2) is 23.1 Å². The second-order valence-corrected chi connectivity index (χ2v) is 11.4. The van der Waals surface area contributed by atoms with Crippen LogP contribution in [0.3, 0.4) is 0 Å². The third-order valence-electron chi connectivity index (χ3n) is 6.48. The van der Waals surface area contributed by atoms with Crippen molar-refractivity contribution < 1.29 is 13.2 Å². The number of hydrogen-bond acceptors (Lipinski definition) is 4. The topological polar surface area (TPSA) is 60.9 Å². The third-order valence-corrected chi connectivity index (χ3v) is 9.13. The van der Waals surface area contributed by atoms with Gasteiger partial charge in [-0.2, -0.15) is 4.31 Å². The maximum Gasteiger partial charge on any atom is 0.243 e. The molecular weight excluding hydrogens is 445 g/mol. The van der Waals surface area contributed by atoms with Crippen molar-refractivity contribution in [3.8, 4) is 0 Å².